The molecule has 0 atom stereocenters. The molecule has 130 valence electrons. The third-order valence-corrected chi connectivity index (χ3v) is 5.35. The zero-order valence-electron chi connectivity index (χ0n) is 14.1. The van der Waals surface area contributed by atoms with E-state index < -0.39 is 0 Å². The van der Waals surface area contributed by atoms with E-state index in [9.17, 15) is 0 Å². The van der Waals surface area contributed by atoms with Crippen LogP contribution in [0, 0.1) is 0 Å². The van der Waals surface area contributed by atoms with Crippen LogP contribution in [0.5, 0.6) is 5.75 Å². The number of benzene rings is 1. The van der Waals surface area contributed by atoms with E-state index in [4.69, 9.17) is 4.74 Å². The van der Waals surface area contributed by atoms with Gasteiger partial charge in [-0.3, -0.25) is 4.57 Å². The molecule has 0 radical (unpaired) electrons. The van der Waals surface area contributed by atoms with Gasteiger partial charge in [0.15, 0.2) is 10.3 Å². The number of thioether (sulfide) groups is 2. The van der Waals surface area contributed by atoms with Gasteiger partial charge in [0.05, 0.1) is 12.9 Å². The molecule has 0 saturated carbocycles. The first kappa shape index (κ1) is 17.8. The van der Waals surface area contributed by atoms with Gasteiger partial charge < -0.3 is 4.74 Å². The fourth-order valence-corrected chi connectivity index (χ4v) is 3.70. The molecule has 0 aliphatic carbocycles. The predicted octanol–water partition coefficient (Wildman–Crippen LogP) is 3.86. The molecular formula is C17H19N5OS2. The minimum absolute atomic E-state index is 0.649. The van der Waals surface area contributed by atoms with Gasteiger partial charge in [-0.15, -0.1) is 10.2 Å². The molecule has 8 heteroatoms. The number of methoxy groups -OCH3 is 1. The number of ether oxygens (including phenoxy) is 1. The van der Waals surface area contributed by atoms with Crippen LogP contribution >= 0.6 is 23.5 Å². The van der Waals surface area contributed by atoms with Crippen molar-refractivity contribution in [3.05, 3.63) is 48.5 Å². The van der Waals surface area contributed by atoms with Gasteiger partial charge in [0.25, 0.3) is 0 Å². The van der Waals surface area contributed by atoms with E-state index in [1.807, 2.05) is 30.3 Å². The van der Waals surface area contributed by atoms with Crippen molar-refractivity contribution in [3.63, 3.8) is 0 Å². The maximum atomic E-state index is 5.25. The number of nitrogens with zero attached hydrogens (tertiary/aromatic N) is 5. The highest BCUT2D eigenvalue weighted by molar-refractivity contribution is 7.99. The summed E-state index contributed by atoms with van der Waals surface area (Å²) in [6.07, 6.45) is 4.57. The van der Waals surface area contributed by atoms with Crippen molar-refractivity contribution in [2.45, 2.75) is 29.4 Å². The molecule has 25 heavy (non-hydrogen) atoms. The van der Waals surface area contributed by atoms with E-state index in [1.54, 1.807) is 43.0 Å². The molecule has 0 fully saturated rings. The highest BCUT2D eigenvalue weighted by Gasteiger charge is 2.15. The average molecular weight is 374 g/mol. The summed E-state index contributed by atoms with van der Waals surface area (Å²) >= 11 is 3.26. The molecule has 0 spiro atoms. The van der Waals surface area contributed by atoms with Crippen LogP contribution < -0.4 is 4.74 Å². The second-order valence-electron chi connectivity index (χ2n) is 5.10. The van der Waals surface area contributed by atoms with Crippen LogP contribution in [0.2, 0.25) is 0 Å². The molecule has 0 aliphatic heterocycles. The van der Waals surface area contributed by atoms with Gasteiger partial charge >= 0.3 is 0 Å². The number of hydrogen-bond donors (Lipinski definition) is 0. The van der Waals surface area contributed by atoms with Crippen LogP contribution in [0.4, 0.5) is 0 Å². The first-order valence-corrected chi connectivity index (χ1v) is 9.90. The first-order valence-electron chi connectivity index (χ1n) is 7.93. The molecule has 1 aromatic carbocycles. The fraction of sp³-hybridized carbons (Fsp3) is 0.294. The predicted molar refractivity (Wildman–Crippen MR) is 101 cm³/mol. The fourth-order valence-electron chi connectivity index (χ4n) is 2.16. The van der Waals surface area contributed by atoms with Crippen molar-refractivity contribution in [1.29, 1.82) is 0 Å². The molecule has 0 unspecified atom stereocenters. The Hall–Kier alpha value is -2.06. The van der Waals surface area contributed by atoms with Crippen LogP contribution in [-0.2, 0) is 5.75 Å². The van der Waals surface area contributed by atoms with Gasteiger partial charge in [-0.1, -0.05) is 30.4 Å². The lowest BCUT2D eigenvalue weighted by molar-refractivity contribution is 0.414. The average Bonchev–Trinajstić information content (AvgIpc) is 3.08. The monoisotopic (exact) mass is 373 g/mol. The van der Waals surface area contributed by atoms with Gasteiger partial charge in [0.1, 0.15) is 11.6 Å². The van der Waals surface area contributed by atoms with Gasteiger partial charge in [0, 0.05) is 23.8 Å². The van der Waals surface area contributed by atoms with Crippen molar-refractivity contribution >= 4 is 23.5 Å². The van der Waals surface area contributed by atoms with Crippen molar-refractivity contribution in [2.75, 3.05) is 12.9 Å². The third kappa shape index (κ3) is 4.52. The first-order chi connectivity index (χ1) is 12.3. The zero-order valence-corrected chi connectivity index (χ0v) is 15.8. The van der Waals surface area contributed by atoms with Crippen LogP contribution in [0.3, 0.4) is 0 Å². The number of hydrogen-bond acceptors (Lipinski definition) is 7. The molecule has 0 saturated heterocycles. The molecule has 3 aromatic rings. The molecule has 2 aromatic heterocycles. The van der Waals surface area contributed by atoms with E-state index in [1.165, 1.54) is 0 Å². The summed E-state index contributed by atoms with van der Waals surface area (Å²) < 4.78 is 7.34. The van der Waals surface area contributed by atoms with Crippen molar-refractivity contribution in [3.8, 4) is 11.4 Å². The second kappa shape index (κ2) is 8.87. The molecule has 2 heterocycles. The molecule has 0 bridgehead atoms. The molecule has 0 N–H and O–H groups in total. The van der Waals surface area contributed by atoms with Crippen LogP contribution in [-0.4, -0.2) is 37.6 Å². The lowest BCUT2D eigenvalue weighted by atomic mass is 10.3. The van der Waals surface area contributed by atoms with E-state index in [0.717, 1.165) is 39.7 Å². The van der Waals surface area contributed by atoms with Gasteiger partial charge in [0.2, 0.25) is 0 Å². The SMILES string of the molecule is CCCSc1nnc(CSc2ncccn2)n1-c1ccc(OC)cc1. The van der Waals surface area contributed by atoms with E-state index >= 15 is 0 Å². The quantitative estimate of drug-likeness (QED) is 0.439. The maximum Gasteiger partial charge on any atom is 0.195 e. The Kier molecular flexibility index (Phi) is 6.30. The summed E-state index contributed by atoms with van der Waals surface area (Å²) in [7, 11) is 1.66. The van der Waals surface area contributed by atoms with Crippen LogP contribution in [0.15, 0.2) is 53.0 Å². The summed E-state index contributed by atoms with van der Waals surface area (Å²) in [4.78, 5) is 8.50. The minimum atomic E-state index is 0.649. The van der Waals surface area contributed by atoms with Crippen molar-refractivity contribution in [1.82, 2.24) is 24.7 Å². The van der Waals surface area contributed by atoms with Gasteiger partial charge in [-0.05, 0) is 36.8 Å². The van der Waals surface area contributed by atoms with Crippen LogP contribution in [0.25, 0.3) is 5.69 Å². The van der Waals surface area contributed by atoms with Crippen LogP contribution in [0.1, 0.15) is 19.2 Å². The third-order valence-electron chi connectivity index (χ3n) is 3.34. The number of rotatable bonds is 8. The van der Waals surface area contributed by atoms with Gasteiger partial charge in [-0.25, -0.2) is 9.97 Å². The summed E-state index contributed by atoms with van der Waals surface area (Å²) in [5.74, 6) is 3.35. The topological polar surface area (TPSA) is 65.7 Å². The molecular weight excluding hydrogens is 354 g/mol. The Labute approximate surface area is 155 Å². The summed E-state index contributed by atoms with van der Waals surface area (Å²) in [6.45, 7) is 2.16. The second-order valence-corrected chi connectivity index (χ2v) is 7.11. The Morgan fingerprint density at radius 3 is 2.48 bits per heavy atom. The van der Waals surface area contributed by atoms with Crippen molar-refractivity contribution < 1.29 is 4.74 Å². The number of aromatic nitrogens is 5. The summed E-state index contributed by atoms with van der Waals surface area (Å²) in [6, 6.07) is 9.74. The maximum absolute atomic E-state index is 5.25. The standard InChI is InChI=1S/C17H19N5OS2/c1-3-11-24-17-21-20-15(12-25-16-18-9-4-10-19-16)22(17)13-5-7-14(23-2)8-6-13/h4-10H,3,11-12H2,1-2H3. The molecule has 6 nitrogen and oxygen atoms in total. The normalized spacial score (nSPS) is 10.8. The molecule has 0 amide bonds. The highest BCUT2D eigenvalue weighted by Crippen LogP contribution is 2.27. The summed E-state index contributed by atoms with van der Waals surface area (Å²) in [5, 5.41) is 10.4. The minimum Gasteiger partial charge on any atom is -0.497 e. The lowest BCUT2D eigenvalue weighted by Gasteiger charge is -2.10. The molecule has 3 rings (SSSR count). The molecule has 0 aliphatic rings. The smallest absolute Gasteiger partial charge is 0.195 e. The van der Waals surface area contributed by atoms with E-state index in [2.05, 4.69) is 31.7 Å². The summed E-state index contributed by atoms with van der Waals surface area (Å²) in [5.41, 5.74) is 1.02. The Morgan fingerprint density at radius 1 is 1.04 bits per heavy atom. The van der Waals surface area contributed by atoms with E-state index in [-0.39, 0.29) is 0 Å². The van der Waals surface area contributed by atoms with E-state index in [0.29, 0.717) is 5.75 Å². The largest absolute Gasteiger partial charge is 0.497 e. The van der Waals surface area contributed by atoms with Crippen molar-refractivity contribution in [2.24, 2.45) is 0 Å². The highest BCUT2D eigenvalue weighted by atomic mass is 32.2. The Morgan fingerprint density at radius 2 is 1.80 bits per heavy atom. The lowest BCUT2D eigenvalue weighted by Crippen LogP contribution is -2.02. The Balaban J connectivity index is 1.87. The Bertz CT molecular complexity index is 793. The van der Waals surface area contributed by atoms with Gasteiger partial charge in [-0.2, -0.15) is 0 Å². The zero-order chi connectivity index (χ0) is 17.5.